The molecule has 1 aliphatic rings. The molecule has 1 aliphatic heterocycles. The number of piperidine rings is 1. The van der Waals surface area contributed by atoms with Crippen LogP contribution >= 0.6 is 23.4 Å². The van der Waals surface area contributed by atoms with E-state index in [1.54, 1.807) is 11.2 Å². The predicted octanol–water partition coefficient (Wildman–Crippen LogP) is 8.24. The van der Waals surface area contributed by atoms with E-state index in [4.69, 9.17) is 26.3 Å². The molecule has 2 aromatic carbocycles. The molecule has 1 saturated heterocycles. The number of amides is 1. The summed E-state index contributed by atoms with van der Waals surface area (Å²) >= 11 is 8.05. The van der Waals surface area contributed by atoms with Gasteiger partial charge >= 0.3 is 6.09 Å². The first-order valence-corrected chi connectivity index (χ1v) is 15.2. The molecular weight excluding hydrogens is 561 g/mol. The van der Waals surface area contributed by atoms with Crippen LogP contribution < -0.4 is 0 Å². The number of aromatic nitrogens is 3. The van der Waals surface area contributed by atoms with Gasteiger partial charge in [0.15, 0.2) is 5.82 Å². The summed E-state index contributed by atoms with van der Waals surface area (Å²) < 4.78 is 24.1. The Bertz CT molecular complexity index is 1710. The molecule has 2 atom stereocenters. The minimum Gasteiger partial charge on any atom is -0.444 e. The summed E-state index contributed by atoms with van der Waals surface area (Å²) in [4.78, 5) is 24.1. The number of hydrogen-bond acceptors (Lipinski definition) is 6. The summed E-state index contributed by atoms with van der Waals surface area (Å²) in [6, 6.07) is 9.45. The summed E-state index contributed by atoms with van der Waals surface area (Å²) in [5, 5.41) is 11.4. The Morgan fingerprint density at radius 1 is 1.27 bits per heavy atom. The largest absolute Gasteiger partial charge is 0.444 e. The highest BCUT2D eigenvalue weighted by Crippen LogP contribution is 2.41. The van der Waals surface area contributed by atoms with Gasteiger partial charge in [0.1, 0.15) is 21.7 Å². The van der Waals surface area contributed by atoms with Crippen LogP contribution in [0.3, 0.4) is 0 Å². The van der Waals surface area contributed by atoms with E-state index in [2.05, 4.69) is 10.6 Å². The van der Waals surface area contributed by atoms with Gasteiger partial charge in [0.05, 0.1) is 29.4 Å². The summed E-state index contributed by atoms with van der Waals surface area (Å²) in [5.74, 6) is -0.417. The highest BCUT2D eigenvalue weighted by atomic mass is 35.5. The Balaban J connectivity index is 1.63. The van der Waals surface area contributed by atoms with Crippen molar-refractivity contribution in [3.63, 3.8) is 0 Å². The molecule has 0 spiro atoms. The van der Waals surface area contributed by atoms with E-state index in [1.165, 1.54) is 11.8 Å². The summed E-state index contributed by atoms with van der Waals surface area (Å²) in [5.41, 5.74) is 3.84. The van der Waals surface area contributed by atoms with E-state index in [1.807, 2.05) is 65.1 Å². The highest BCUT2D eigenvalue weighted by Gasteiger charge is 2.36. The number of hydrogen-bond donors (Lipinski definition) is 0. The van der Waals surface area contributed by atoms with Crippen LogP contribution in [0.4, 0.5) is 9.18 Å². The van der Waals surface area contributed by atoms with Crippen LogP contribution in [0.25, 0.3) is 33.1 Å². The van der Waals surface area contributed by atoms with Crippen molar-refractivity contribution in [2.45, 2.75) is 76.6 Å². The minimum atomic E-state index is -0.630. The monoisotopic (exact) mass is 593 g/mol. The maximum absolute atomic E-state index is 16.4. The fourth-order valence-corrected chi connectivity index (χ4v) is 6.47. The van der Waals surface area contributed by atoms with Crippen molar-refractivity contribution in [3.8, 4) is 17.2 Å². The van der Waals surface area contributed by atoms with Crippen LogP contribution in [0.1, 0.15) is 57.2 Å². The van der Waals surface area contributed by atoms with Crippen LogP contribution in [0.5, 0.6) is 0 Å². The molecular formula is C31H33ClFN5O2S. The van der Waals surface area contributed by atoms with Gasteiger partial charge in [0.2, 0.25) is 0 Å². The van der Waals surface area contributed by atoms with Crippen molar-refractivity contribution in [1.82, 2.24) is 19.4 Å². The fourth-order valence-electron chi connectivity index (χ4n) is 5.73. The second-order valence-corrected chi connectivity index (χ2v) is 12.7. The van der Waals surface area contributed by atoms with Crippen molar-refractivity contribution in [3.05, 3.63) is 52.6 Å². The molecule has 4 aromatic rings. The number of likely N-dealkylation sites (tertiary alicyclic amines) is 1. The van der Waals surface area contributed by atoms with Crippen molar-refractivity contribution < 1.29 is 13.9 Å². The number of rotatable bonds is 4. The Kier molecular flexibility index (Phi) is 7.92. The van der Waals surface area contributed by atoms with Crippen LogP contribution in [0, 0.1) is 31.0 Å². The first-order valence-electron chi connectivity index (χ1n) is 13.6. The second kappa shape index (κ2) is 11.1. The lowest BCUT2D eigenvalue weighted by Crippen LogP contribution is -2.48. The fraction of sp³-hybridized carbons (Fsp3) is 0.419. The number of carbonyl (C=O) groups excluding carboxylic acids is 1. The first kappa shape index (κ1) is 29.2. The third-order valence-corrected chi connectivity index (χ3v) is 8.77. The van der Waals surface area contributed by atoms with Gasteiger partial charge in [-0.2, -0.15) is 5.26 Å². The molecule has 214 valence electrons. The standard InChI is InChI=1S/C31H33ClFN5O2S/c1-17-8-7-9-21(24(17)32)23-18(2)14-22-26(25(23)33)36-29(41-6)27-28(22)38(16-35-27)20-11-13-37(19(15-20)10-12-34)30(39)40-31(3,4)5/h7-9,14,16,19-20H,10-11,13,15H2,1-6H3/t19-,20+/m1/s1. The molecule has 3 heterocycles. The van der Waals surface area contributed by atoms with E-state index in [-0.39, 0.29) is 24.0 Å². The van der Waals surface area contributed by atoms with Gasteiger partial charge in [0.25, 0.3) is 0 Å². The first-order chi connectivity index (χ1) is 19.4. The molecule has 41 heavy (non-hydrogen) atoms. The zero-order chi connectivity index (χ0) is 29.6. The molecule has 1 fully saturated rings. The van der Waals surface area contributed by atoms with Crippen molar-refractivity contribution in [2.24, 2.45) is 0 Å². The minimum absolute atomic E-state index is 0.0494. The van der Waals surface area contributed by atoms with Crippen LogP contribution in [-0.4, -0.2) is 50.0 Å². The molecule has 0 bridgehead atoms. The quantitative estimate of drug-likeness (QED) is 0.222. The van der Waals surface area contributed by atoms with Crippen molar-refractivity contribution in [1.29, 1.82) is 5.26 Å². The van der Waals surface area contributed by atoms with E-state index in [0.29, 0.717) is 51.5 Å². The van der Waals surface area contributed by atoms with Gasteiger partial charge in [-0.25, -0.2) is 19.2 Å². The van der Waals surface area contributed by atoms with Crippen molar-refractivity contribution >= 4 is 51.4 Å². The number of pyridine rings is 1. The number of benzene rings is 2. The van der Waals surface area contributed by atoms with Gasteiger partial charge in [-0.1, -0.05) is 29.8 Å². The maximum Gasteiger partial charge on any atom is 0.410 e. The second-order valence-electron chi connectivity index (χ2n) is 11.6. The van der Waals surface area contributed by atoms with Crippen molar-refractivity contribution in [2.75, 3.05) is 12.8 Å². The number of nitrogens with zero attached hydrogens (tertiary/aromatic N) is 5. The number of imidazole rings is 1. The van der Waals surface area contributed by atoms with E-state index < -0.39 is 17.5 Å². The third kappa shape index (κ3) is 5.35. The van der Waals surface area contributed by atoms with Gasteiger partial charge in [0, 0.05) is 35.1 Å². The average molecular weight is 594 g/mol. The van der Waals surface area contributed by atoms with Crippen LogP contribution in [0.2, 0.25) is 5.02 Å². The SMILES string of the molecule is CSc1nc2c(F)c(-c3cccc(C)c3Cl)c(C)cc2c2c1ncn2[C@H]1CCN(C(=O)OC(C)(C)C)[C@H](CC#N)C1. The molecule has 1 amide bonds. The number of thioether (sulfide) groups is 1. The Morgan fingerprint density at radius 2 is 2.02 bits per heavy atom. The normalized spacial score (nSPS) is 17.7. The molecule has 0 aliphatic carbocycles. The smallest absolute Gasteiger partial charge is 0.410 e. The highest BCUT2D eigenvalue weighted by molar-refractivity contribution is 7.98. The number of aryl methyl sites for hydroxylation is 2. The molecule has 0 unspecified atom stereocenters. The maximum atomic E-state index is 16.4. The number of carbonyl (C=O) groups is 1. The lowest BCUT2D eigenvalue weighted by Gasteiger charge is -2.39. The molecule has 0 saturated carbocycles. The Morgan fingerprint density at radius 3 is 2.71 bits per heavy atom. The zero-order valence-electron chi connectivity index (χ0n) is 24.1. The molecule has 5 rings (SSSR count). The van der Waals surface area contributed by atoms with Crippen LogP contribution in [-0.2, 0) is 4.74 Å². The Hall–Kier alpha value is -3.35. The predicted molar refractivity (Wildman–Crippen MR) is 162 cm³/mol. The van der Waals surface area contributed by atoms with Crippen LogP contribution in [0.15, 0.2) is 35.6 Å². The third-order valence-electron chi connectivity index (χ3n) is 7.59. The molecule has 0 radical (unpaired) electrons. The average Bonchev–Trinajstić information content (AvgIpc) is 3.36. The zero-order valence-corrected chi connectivity index (χ0v) is 25.7. The van der Waals surface area contributed by atoms with E-state index in [9.17, 15) is 10.1 Å². The van der Waals surface area contributed by atoms with Gasteiger partial charge < -0.3 is 14.2 Å². The summed E-state index contributed by atoms with van der Waals surface area (Å²) in [7, 11) is 0. The van der Waals surface area contributed by atoms with Gasteiger partial charge in [-0.05, 0) is 70.9 Å². The molecule has 0 N–H and O–H groups in total. The molecule has 2 aromatic heterocycles. The number of fused-ring (bicyclic) bond motifs is 3. The van der Waals surface area contributed by atoms with E-state index >= 15 is 4.39 Å². The lowest BCUT2D eigenvalue weighted by atomic mass is 9.94. The molecule has 10 heteroatoms. The summed E-state index contributed by atoms with van der Waals surface area (Å²) in [6.07, 6.45) is 4.65. The van der Waals surface area contributed by atoms with Gasteiger partial charge in [-0.3, -0.25) is 0 Å². The van der Waals surface area contributed by atoms with E-state index in [0.717, 1.165) is 16.6 Å². The number of halogens is 2. The number of nitriles is 1. The summed E-state index contributed by atoms with van der Waals surface area (Å²) in [6.45, 7) is 9.71. The topological polar surface area (TPSA) is 84.0 Å². The Labute approximate surface area is 248 Å². The number of ether oxygens (including phenoxy) is 1. The lowest BCUT2D eigenvalue weighted by molar-refractivity contribution is 0.00618. The molecule has 7 nitrogen and oxygen atoms in total. The van der Waals surface area contributed by atoms with Gasteiger partial charge in [-0.15, -0.1) is 11.8 Å².